The fourth-order valence-electron chi connectivity index (χ4n) is 5.85. The lowest BCUT2D eigenvalue weighted by Crippen LogP contribution is -2.39. The Balaban J connectivity index is 0.00000113. The normalized spacial score (nSPS) is 18.1. The number of phenols is 1. The maximum atomic E-state index is 13.8. The molecule has 1 unspecified atom stereocenters. The minimum Gasteiger partial charge on any atom is -0.508 e. The van der Waals surface area contributed by atoms with Gasteiger partial charge in [-0.25, -0.2) is 0 Å². The number of aryl methyl sites for hydroxylation is 3. The largest absolute Gasteiger partial charge is 0.508 e. The number of hydrogen-bond donors (Lipinski definition) is 2. The number of aromatic nitrogens is 1. The van der Waals surface area contributed by atoms with E-state index in [4.69, 9.17) is 19.4 Å². The lowest BCUT2D eigenvalue weighted by atomic mass is 9.95. The van der Waals surface area contributed by atoms with Crippen LogP contribution in [0.15, 0.2) is 54.7 Å². The fourth-order valence-corrected chi connectivity index (χ4v) is 5.85. The van der Waals surface area contributed by atoms with Gasteiger partial charge >= 0.3 is 0 Å². The second-order valence-electron chi connectivity index (χ2n) is 10.7. The predicted octanol–water partition coefficient (Wildman–Crippen LogP) is 3.37. The van der Waals surface area contributed by atoms with Gasteiger partial charge in [0.2, 0.25) is 18.6 Å². The summed E-state index contributed by atoms with van der Waals surface area (Å²) in [6.45, 7) is 2.00. The lowest BCUT2D eigenvalue weighted by Gasteiger charge is -2.26. The molecule has 3 aliphatic heterocycles. The number of carbonyl (C=O) groups is 3. The van der Waals surface area contributed by atoms with Gasteiger partial charge in [0.05, 0.1) is 18.2 Å². The second-order valence-corrected chi connectivity index (χ2v) is 10.7. The molecule has 0 spiro atoms. The van der Waals surface area contributed by atoms with E-state index in [0.717, 1.165) is 47.6 Å². The zero-order chi connectivity index (χ0) is 29.5. The minimum absolute atomic E-state index is 0.00183. The Kier molecular flexibility index (Phi) is 9.21. The minimum atomic E-state index is -0.353. The summed E-state index contributed by atoms with van der Waals surface area (Å²) < 4.78 is 11.3. The van der Waals surface area contributed by atoms with Gasteiger partial charge in [0.15, 0.2) is 11.5 Å². The Morgan fingerprint density at radius 3 is 2.45 bits per heavy atom. The van der Waals surface area contributed by atoms with Crippen LogP contribution in [0.25, 0.3) is 0 Å². The number of nitrogens with zero attached hydrogens (tertiary/aromatic N) is 3. The summed E-state index contributed by atoms with van der Waals surface area (Å²) in [5.74, 6) is 1.49. The molecule has 10 heteroatoms. The Morgan fingerprint density at radius 2 is 1.71 bits per heavy atom. The van der Waals surface area contributed by atoms with Crippen LogP contribution in [-0.4, -0.2) is 69.7 Å². The summed E-state index contributed by atoms with van der Waals surface area (Å²) in [7, 11) is 0. The molecule has 10 nitrogen and oxygen atoms in total. The van der Waals surface area contributed by atoms with E-state index < -0.39 is 0 Å². The summed E-state index contributed by atoms with van der Waals surface area (Å²) in [5.41, 5.74) is 5.17. The van der Waals surface area contributed by atoms with Crippen LogP contribution < -0.4 is 9.47 Å². The first-order valence-electron chi connectivity index (χ1n) is 14.2. The molecule has 42 heavy (non-hydrogen) atoms. The molecule has 2 bridgehead atoms. The van der Waals surface area contributed by atoms with Crippen molar-refractivity contribution < 1.29 is 34.1 Å². The highest BCUT2D eigenvalue weighted by atomic mass is 16.7. The van der Waals surface area contributed by atoms with E-state index in [1.165, 1.54) is 11.1 Å². The molecule has 2 N–H and O–H groups in total. The number of likely N-dealkylation sites (tertiary alicyclic amines) is 1. The first-order valence-corrected chi connectivity index (χ1v) is 14.2. The van der Waals surface area contributed by atoms with Gasteiger partial charge < -0.3 is 29.5 Å². The molecule has 0 aliphatic carbocycles. The van der Waals surface area contributed by atoms with Crippen LogP contribution in [0.1, 0.15) is 40.8 Å². The molecule has 1 fully saturated rings. The summed E-state index contributed by atoms with van der Waals surface area (Å²) in [5, 5.41) is 17.4. The lowest BCUT2D eigenvalue weighted by molar-refractivity contribution is -0.136. The molecule has 1 atom stereocenters. The average Bonchev–Trinajstić information content (AvgIpc) is 3.60. The van der Waals surface area contributed by atoms with Crippen molar-refractivity contribution in [2.75, 3.05) is 26.4 Å². The second kappa shape index (κ2) is 13.4. The number of benzene rings is 2. The molecule has 0 saturated carbocycles. The van der Waals surface area contributed by atoms with Crippen molar-refractivity contribution in [1.82, 2.24) is 14.8 Å². The maximum Gasteiger partial charge on any atom is 0.290 e. The van der Waals surface area contributed by atoms with Crippen LogP contribution in [0.2, 0.25) is 0 Å². The van der Waals surface area contributed by atoms with Crippen LogP contribution >= 0.6 is 0 Å². The van der Waals surface area contributed by atoms with Crippen molar-refractivity contribution in [3.05, 3.63) is 82.7 Å². The third-order valence-electron chi connectivity index (χ3n) is 8.00. The van der Waals surface area contributed by atoms with Crippen LogP contribution in [0.4, 0.5) is 0 Å². The molecule has 2 aromatic carbocycles. The van der Waals surface area contributed by atoms with E-state index in [0.29, 0.717) is 44.8 Å². The van der Waals surface area contributed by atoms with Crippen molar-refractivity contribution in [3.63, 3.8) is 0 Å². The first-order chi connectivity index (χ1) is 20.4. The van der Waals surface area contributed by atoms with E-state index in [9.17, 15) is 14.7 Å². The molecule has 6 rings (SSSR count). The van der Waals surface area contributed by atoms with Gasteiger partial charge in [-0.1, -0.05) is 18.2 Å². The molecule has 3 aliphatic rings. The van der Waals surface area contributed by atoms with Gasteiger partial charge in [0.25, 0.3) is 6.47 Å². The number of hydrogen-bond acceptors (Lipinski definition) is 7. The number of amides is 2. The van der Waals surface area contributed by atoms with Crippen molar-refractivity contribution >= 4 is 18.3 Å². The van der Waals surface area contributed by atoms with E-state index in [-0.39, 0.29) is 37.4 Å². The van der Waals surface area contributed by atoms with Crippen molar-refractivity contribution in [1.29, 1.82) is 0 Å². The third kappa shape index (κ3) is 6.82. The fraction of sp³-hybridized carbons (Fsp3) is 0.375. The van der Waals surface area contributed by atoms with E-state index >= 15 is 0 Å². The number of fused-ring (bicyclic) bond motifs is 4. The third-order valence-corrected chi connectivity index (χ3v) is 8.00. The van der Waals surface area contributed by atoms with E-state index in [1.54, 1.807) is 17.2 Å². The smallest absolute Gasteiger partial charge is 0.290 e. The molecule has 0 radical (unpaired) electrons. The zero-order valence-electron chi connectivity index (χ0n) is 23.4. The number of carboxylic acid groups (broad SMARTS) is 1. The maximum absolute atomic E-state index is 13.8. The molecule has 2 amide bonds. The van der Waals surface area contributed by atoms with Gasteiger partial charge in [-0.3, -0.25) is 19.4 Å². The summed E-state index contributed by atoms with van der Waals surface area (Å²) in [4.78, 5) is 42.9. The SMILES string of the molecule is O=C1CC(C(=O)N2CCCc3cc4c(cc3CCc3cc(ccc3O)CC2)OCO4)CN1Cc1ccccn1.O=CO. The zero-order valence-corrected chi connectivity index (χ0v) is 23.4. The monoisotopic (exact) mass is 573 g/mol. The van der Waals surface area contributed by atoms with Crippen molar-refractivity contribution in [2.24, 2.45) is 5.92 Å². The topological polar surface area (TPSA) is 130 Å². The average molecular weight is 574 g/mol. The van der Waals surface area contributed by atoms with Crippen LogP contribution in [0, 0.1) is 5.92 Å². The highest BCUT2D eigenvalue weighted by Crippen LogP contribution is 2.36. The molecular formula is C32H35N3O7. The number of phenolic OH excluding ortho intramolecular Hbond substituents is 1. The highest BCUT2D eigenvalue weighted by Gasteiger charge is 2.36. The molecule has 3 aromatic rings. The Morgan fingerprint density at radius 1 is 0.976 bits per heavy atom. The molecule has 4 heterocycles. The summed E-state index contributed by atoms with van der Waals surface area (Å²) in [6, 6.07) is 15.5. The van der Waals surface area contributed by atoms with Crippen LogP contribution in [0.3, 0.4) is 0 Å². The number of rotatable bonds is 3. The summed E-state index contributed by atoms with van der Waals surface area (Å²) in [6.07, 6.45) is 5.75. The Labute approximate surface area is 244 Å². The van der Waals surface area contributed by atoms with Gasteiger partial charge in [0, 0.05) is 32.3 Å². The summed E-state index contributed by atoms with van der Waals surface area (Å²) >= 11 is 0. The number of aromatic hydroxyl groups is 1. The van der Waals surface area contributed by atoms with Gasteiger partial charge in [0.1, 0.15) is 5.75 Å². The first kappa shape index (κ1) is 28.9. The Hall–Kier alpha value is -4.60. The molecule has 1 saturated heterocycles. The predicted molar refractivity (Wildman–Crippen MR) is 153 cm³/mol. The number of pyridine rings is 1. The highest BCUT2D eigenvalue weighted by molar-refractivity contribution is 5.89. The molecular weight excluding hydrogens is 538 g/mol. The Bertz CT molecular complexity index is 1430. The van der Waals surface area contributed by atoms with Crippen LogP contribution in [0.5, 0.6) is 17.2 Å². The van der Waals surface area contributed by atoms with Gasteiger partial charge in [-0.15, -0.1) is 0 Å². The van der Waals surface area contributed by atoms with Crippen LogP contribution in [-0.2, 0) is 46.6 Å². The van der Waals surface area contributed by atoms with Gasteiger partial charge in [-0.2, -0.15) is 0 Å². The van der Waals surface area contributed by atoms with E-state index in [1.807, 2.05) is 29.2 Å². The molecule has 1 aromatic heterocycles. The quantitative estimate of drug-likeness (QED) is 0.457. The molecule has 220 valence electrons. The number of ether oxygens (including phenoxy) is 2. The van der Waals surface area contributed by atoms with Gasteiger partial charge in [-0.05, 0) is 84.7 Å². The van der Waals surface area contributed by atoms with Crippen molar-refractivity contribution in [2.45, 2.75) is 45.1 Å². The van der Waals surface area contributed by atoms with Crippen molar-refractivity contribution in [3.8, 4) is 17.2 Å². The standard InChI is InChI=1S/C31H33N3O5.CH2O2/c35-27-9-6-21-10-13-33(31(37)25-17-30(36)34(18-25)19-26-5-1-2-11-32-26)12-3-4-22-15-28-29(39-20-38-28)16-23(22)7-8-24(27)14-21;2-1-3/h1-2,5-6,9,11,14-16,25,35H,3-4,7-8,10,12-13,17-20H2;1H,(H,2,3). The van der Waals surface area contributed by atoms with E-state index in [2.05, 4.69) is 23.2 Å². The number of carbonyl (C=O) groups excluding carboxylic acids is 2.